The summed E-state index contributed by atoms with van der Waals surface area (Å²) in [5.74, 6) is -0.145. The number of hydrogen-bond donors (Lipinski definition) is 2. The number of hydrogen-bond acceptors (Lipinski definition) is 3. The van der Waals surface area contributed by atoms with Crippen molar-refractivity contribution in [3.05, 3.63) is 33.8 Å². The van der Waals surface area contributed by atoms with Crippen LogP contribution in [0.2, 0.25) is 0 Å². The van der Waals surface area contributed by atoms with Crippen molar-refractivity contribution in [3.63, 3.8) is 0 Å². The molecule has 0 bridgehead atoms. The minimum atomic E-state index is -0.625. The van der Waals surface area contributed by atoms with E-state index < -0.39 is 5.91 Å². The van der Waals surface area contributed by atoms with Gasteiger partial charge in [0.1, 0.15) is 0 Å². The van der Waals surface area contributed by atoms with E-state index in [2.05, 4.69) is 21.2 Å². The van der Waals surface area contributed by atoms with E-state index in [0.717, 1.165) is 5.75 Å². The van der Waals surface area contributed by atoms with Gasteiger partial charge in [0, 0.05) is 15.8 Å². The molecule has 0 spiro atoms. The Morgan fingerprint density at radius 2 is 2.05 bits per heavy atom. The first-order valence-electron chi connectivity index (χ1n) is 5.68. The Labute approximate surface area is 125 Å². The number of benzene rings is 1. The first kappa shape index (κ1) is 16.0. The molecule has 0 radical (unpaired) electrons. The van der Waals surface area contributed by atoms with Gasteiger partial charge in [0.2, 0.25) is 0 Å². The van der Waals surface area contributed by atoms with Crippen LogP contribution in [0.15, 0.2) is 22.7 Å². The molecular formula is C13H17BrN2O2S. The Hall–Kier alpha value is -1.01. The molecule has 104 valence electrons. The van der Waals surface area contributed by atoms with Crippen molar-refractivity contribution >= 4 is 39.5 Å². The van der Waals surface area contributed by atoms with Gasteiger partial charge in [-0.05, 0) is 48.2 Å². The monoisotopic (exact) mass is 344 g/mol. The second kappa shape index (κ2) is 6.43. The molecular weight excluding hydrogens is 328 g/mol. The molecule has 3 N–H and O–H groups in total. The molecule has 0 unspecified atom stereocenters. The lowest BCUT2D eigenvalue weighted by atomic mass is 10.0. The summed E-state index contributed by atoms with van der Waals surface area (Å²) in [5, 5.41) is 2.91. The first-order chi connectivity index (χ1) is 8.78. The molecule has 0 aromatic heterocycles. The summed E-state index contributed by atoms with van der Waals surface area (Å²) in [7, 11) is 0. The number of rotatable bonds is 5. The zero-order valence-corrected chi connectivity index (χ0v) is 13.5. The number of primary amides is 1. The number of nitrogens with two attached hydrogens (primary N) is 1. The van der Waals surface area contributed by atoms with Gasteiger partial charge in [-0.2, -0.15) is 11.8 Å². The molecule has 1 aromatic rings. The van der Waals surface area contributed by atoms with E-state index in [0.29, 0.717) is 4.47 Å². The maximum Gasteiger partial charge on any atom is 0.252 e. The zero-order chi connectivity index (χ0) is 14.6. The van der Waals surface area contributed by atoms with Crippen molar-refractivity contribution in [1.29, 1.82) is 0 Å². The molecule has 0 aliphatic carbocycles. The van der Waals surface area contributed by atoms with Crippen molar-refractivity contribution in [3.8, 4) is 0 Å². The van der Waals surface area contributed by atoms with Crippen LogP contribution >= 0.6 is 27.7 Å². The maximum atomic E-state index is 12.3. The van der Waals surface area contributed by atoms with E-state index in [9.17, 15) is 9.59 Å². The highest BCUT2D eigenvalue weighted by Gasteiger charge is 2.24. The van der Waals surface area contributed by atoms with E-state index in [-0.39, 0.29) is 22.6 Å². The fourth-order valence-electron chi connectivity index (χ4n) is 1.74. The summed E-state index contributed by atoms with van der Waals surface area (Å²) in [6.45, 7) is 3.87. The van der Waals surface area contributed by atoms with Crippen LogP contribution in [-0.4, -0.2) is 29.4 Å². The molecule has 0 saturated heterocycles. The Bertz CT molecular complexity index is 503. The van der Waals surface area contributed by atoms with Crippen molar-refractivity contribution in [2.75, 3.05) is 12.0 Å². The average molecular weight is 345 g/mol. The normalized spacial score (nSPS) is 11.2. The Balaban J connectivity index is 3.07. The second-order valence-corrected chi connectivity index (χ2v) is 6.52. The fourth-order valence-corrected chi connectivity index (χ4v) is 3.09. The van der Waals surface area contributed by atoms with Gasteiger partial charge >= 0.3 is 0 Å². The molecule has 0 saturated carbocycles. The van der Waals surface area contributed by atoms with Gasteiger partial charge in [0.05, 0.1) is 11.1 Å². The largest absolute Gasteiger partial charge is 0.366 e. The topological polar surface area (TPSA) is 72.2 Å². The SMILES string of the molecule is CSCC(C)(C)NC(=O)c1cccc(Br)c1C(N)=O. The summed E-state index contributed by atoms with van der Waals surface area (Å²) < 4.78 is 0.523. The molecule has 0 fully saturated rings. The molecule has 1 rings (SSSR count). The fraction of sp³-hybridized carbons (Fsp3) is 0.385. The van der Waals surface area contributed by atoms with Crippen molar-refractivity contribution < 1.29 is 9.59 Å². The quantitative estimate of drug-likeness (QED) is 0.861. The summed E-state index contributed by atoms with van der Waals surface area (Å²) in [4.78, 5) is 23.7. The van der Waals surface area contributed by atoms with Gasteiger partial charge in [-0.1, -0.05) is 6.07 Å². The van der Waals surface area contributed by atoms with E-state index >= 15 is 0 Å². The van der Waals surface area contributed by atoms with E-state index in [1.807, 2.05) is 20.1 Å². The smallest absolute Gasteiger partial charge is 0.252 e. The molecule has 19 heavy (non-hydrogen) atoms. The van der Waals surface area contributed by atoms with E-state index in [4.69, 9.17) is 5.73 Å². The Kier molecular flexibility index (Phi) is 5.43. The van der Waals surface area contributed by atoms with Crippen LogP contribution < -0.4 is 11.1 Å². The second-order valence-electron chi connectivity index (χ2n) is 4.80. The molecule has 0 aliphatic rings. The minimum absolute atomic E-state index is 0.208. The number of carbonyl (C=O) groups excluding carboxylic acids is 2. The maximum absolute atomic E-state index is 12.3. The van der Waals surface area contributed by atoms with Crippen molar-refractivity contribution in [1.82, 2.24) is 5.32 Å². The third-order valence-corrected chi connectivity index (χ3v) is 4.13. The summed E-state index contributed by atoms with van der Waals surface area (Å²) in [6, 6.07) is 4.98. The first-order valence-corrected chi connectivity index (χ1v) is 7.87. The average Bonchev–Trinajstić information content (AvgIpc) is 2.27. The highest BCUT2D eigenvalue weighted by molar-refractivity contribution is 9.10. The predicted molar refractivity (Wildman–Crippen MR) is 82.6 cm³/mol. The summed E-state index contributed by atoms with van der Waals surface area (Å²) in [5.41, 5.74) is 5.47. The number of nitrogens with one attached hydrogen (secondary N) is 1. The molecule has 2 amide bonds. The van der Waals surface area contributed by atoms with Crippen molar-refractivity contribution in [2.45, 2.75) is 19.4 Å². The van der Waals surface area contributed by atoms with Gasteiger partial charge in [-0.3, -0.25) is 9.59 Å². The molecule has 0 heterocycles. The van der Waals surface area contributed by atoms with Gasteiger partial charge in [-0.25, -0.2) is 0 Å². The van der Waals surface area contributed by atoms with E-state index in [1.165, 1.54) is 0 Å². The zero-order valence-electron chi connectivity index (χ0n) is 11.1. The number of halogens is 1. The van der Waals surface area contributed by atoms with Crippen LogP contribution in [-0.2, 0) is 0 Å². The Morgan fingerprint density at radius 1 is 1.42 bits per heavy atom. The third-order valence-electron chi connectivity index (χ3n) is 2.46. The summed E-state index contributed by atoms with van der Waals surface area (Å²) in [6.07, 6.45) is 1.97. The van der Waals surface area contributed by atoms with Gasteiger partial charge in [-0.15, -0.1) is 0 Å². The predicted octanol–water partition coefficient (Wildman–Crippen LogP) is 2.42. The lowest BCUT2D eigenvalue weighted by Gasteiger charge is -2.25. The van der Waals surface area contributed by atoms with Crippen LogP contribution in [0.4, 0.5) is 0 Å². The minimum Gasteiger partial charge on any atom is -0.366 e. The number of carbonyl (C=O) groups is 2. The standard InChI is InChI=1S/C13H17BrN2O2S/c1-13(2,7-19-3)16-12(18)8-5-4-6-9(14)10(8)11(15)17/h4-6H,7H2,1-3H3,(H2,15,17)(H,16,18). The van der Waals surface area contributed by atoms with Gasteiger partial charge in [0.15, 0.2) is 0 Å². The molecule has 0 atom stereocenters. The van der Waals surface area contributed by atoms with Gasteiger partial charge in [0.25, 0.3) is 11.8 Å². The van der Waals surface area contributed by atoms with Crippen LogP contribution in [0.1, 0.15) is 34.6 Å². The molecule has 4 nitrogen and oxygen atoms in total. The van der Waals surface area contributed by atoms with Crippen LogP contribution in [0.25, 0.3) is 0 Å². The lowest BCUT2D eigenvalue weighted by Crippen LogP contribution is -2.46. The lowest BCUT2D eigenvalue weighted by molar-refractivity contribution is 0.0907. The highest BCUT2D eigenvalue weighted by atomic mass is 79.9. The Morgan fingerprint density at radius 3 is 2.58 bits per heavy atom. The van der Waals surface area contributed by atoms with Crippen molar-refractivity contribution in [2.24, 2.45) is 5.73 Å². The molecule has 6 heteroatoms. The third kappa shape index (κ3) is 4.24. The number of amides is 2. The van der Waals surface area contributed by atoms with Gasteiger partial charge < -0.3 is 11.1 Å². The van der Waals surface area contributed by atoms with E-state index in [1.54, 1.807) is 30.0 Å². The summed E-state index contributed by atoms with van der Waals surface area (Å²) >= 11 is 4.89. The van der Waals surface area contributed by atoms with Crippen LogP contribution in [0.5, 0.6) is 0 Å². The molecule has 1 aromatic carbocycles. The van der Waals surface area contributed by atoms with Crippen LogP contribution in [0, 0.1) is 0 Å². The number of thioether (sulfide) groups is 1. The molecule has 0 aliphatic heterocycles. The highest BCUT2D eigenvalue weighted by Crippen LogP contribution is 2.21. The van der Waals surface area contributed by atoms with Crippen LogP contribution in [0.3, 0.4) is 0 Å².